The standard InChI is InChI=1S/C15H22N4OS.C2HF3O2.CHF3.CH2O2/c1-11-9-13-10-14(3-4-15(13)21-11)18-20-12(2)19(7-5-16)8-6-17;3-2(4,5)1(6)7;2-1(3)4;2-1-3/h3-4,9-10,18H,2,5-8,16-17H2,1H3;(H,6,7);1H;1H,(H,2,3)/p-2. The number of carbonyl (C=O) groups is 2. The molecule has 0 atom stereocenters. The average Bonchev–Trinajstić information content (AvgIpc) is 3.11. The average molecular weight is 534 g/mol. The molecule has 0 saturated heterocycles. The summed E-state index contributed by atoms with van der Waals surface area (Å²) < 4.78 is 61.8. The van der Waals surface area contributed by atoms with Crippen LogP contribution in [0.2, 0.25) is 0 Å². The van der Waals surface area contributed by atoms with Crippen LogP contribution in [0.15, 0.2) is 36.7 Å². The number of carboxylic acids is 1. The summed E-state index contributed by atoms with van der Waals surface area (Å²) in [5.41, 5.74) is 15.0. The molecule has 9 nitrogen and oxygen atoms in total. The molecule has 35 heavy (non-hydrogen) atoms. The van der Waals surface area contributed by atoms with E-state index in [1.807, 2.05) is 11.0 Å². The van der Waals surface area contributed by atoms with E-state index in [0.717, 1.165) is 5.69 Å². The van der Waals surface area contributed by atoms with Crippen LogP contribution in [0.3, 0.4) is 0 Å². The van der Waals surface area contributed by atoms with Crippen LogP contribution in [0, 0.1) is 6.92 Å². The van der Waals surface area contributed by atoms with Gasteiger partial charge in [-0.15, -0.1) is 11.3 Å². The number of nitrogens with two attached hydrogens (primary N) is 2. The molecule has 0 fully saturated rings. The molecule has 0 unspecified atom stereocenters. The van der Waals surface area contributed by atoms with Crippen molar-refractivity contribution in [3.05, 3.63) is 41.6 Å². The molecular formula is C19H24F6N4O5S-2. The van der Waals surface area contributed by atoms with Gasteiger partial charge in [0.25, 0.3) is 0 Å². The maximum absolute atomic E-state index is 10.5. The SMILES string of the molecule is C=C(ONc1ccc2sc(C)cc2c1)N(CCN)CCN.FC(F)F.O=C([O-])C(F)(F)F.O=C[O-]. The lowest BCUT2D eigenvalue weighted by Crippen LogP contribution is -2.37. The van der Waals surface area contributed by atoms with Gasteiger partial charge in [-0.1, -0.05) is 0 Å². The van der Waals surface area contributed by atoms with Gasteiger partial charge in [-0.25, -0.2) is 5.48 Å². The largest absolute Gasteiger partial charge is 0.554 e. The number of aryl methyl sites for hydroxylation is 1. The van der Waals surface area contributed by atoms with Crippen LogP contribution in [0.5, 0.6) is 0 Å². The van der Waals surface area contributed by atoms with Gasteiger partial charge in [0.05, 0.1) is 5.69 Å². The Bertz CT molecular complexity index is 889. The fraction of sp³-hybridized carbons (Fsp3) is 0.368. The minimum Gasteiger partial charge on any atom is -0.554 e. The molecule has 200 valence electrons. The number of aliphatic carboxylic acids is 1. The van der Waals surface area contributed by atoms with Gasteiger partial charge in [0, 0.05) is 42.2 Å². The number of fused-ring (bicyclic) bond motifs is 1. The van der Waals surface area contributed by atoms with E-state index >= 15 is 0 Å². The zero-order valence-electron chi connectivity index (χ0n) is 18.3. The van der Waals surface area contributed by atoms with Crippen LogP contribution < -0.4 is 27.2 Å². The number of anilines is 1. The minimum atomic E-state index is -5.19. The zero-order valence-corrected chi connectivity index (χ0v) is 19.1. The molecule has 0 spiro atoms. The first-order valence-corrected chi connectivity index (χ1v) is 10.1. The van der Waals surface area contributed by atoms with Gasteiger partial charge >= 0.3 is 12.9 Å². The molecule has 0 radical (unpaired) electrons. The van der Waals surface area contributed by atoms with Gasteiger partial charge in [0.2, 0.25) is 5.88 Å². The molecule has 0 amide bonds. The van der Waals surface area contributed by atoms with Crippen molar-refractivity contribution < 1.29 is 51.0 Å². The number of carbonyl (C=O) groups excluding carboxylic acids is 2. The molecule has 2 rings (SSSR count). The minimum absolute atomic E-state index is 0.500. The number of rotatable bonds is 8. The third-order valence-corrected chi connectivity index (χ3v) is 4.34. The summed E-state index contributed by atoms with van der Waals surface area (Å²) in [6, 6.07) is 8.29. The zero-order chi connectivity index (χ0) is 27.6. The van der Waals surface area contributed by atoms with Crippen molar-refractivity contribution in [3.8, 4) is 0 Å². The number of hydrogen-bond donors (Lipinski definition) is 3. The van der Waals surface area contributed by atoms with Gasteiger partial charge in [-0.05, 0) is 43.2 Å². The van der Waals surface area contributed by atoms with Gasteiger partial charge < -0.3 is 41.0 Å². The second-order valence-electron chi connectivity index (χ2n) is 5.90. The van der Waals surface area contributed by atoms with Gasteiger partial charge in [-0.3, -0.25) is 0 Å². The second-order valence-corrected chi connectivity index (χ2v) is 7.19. The molecule has 0 aliphatic carbocycles. The van der Waals surface area contributed by atoms with E-state index in [1.165, 1.54) is 15.0 Å². The molecule has 0 saturated carbocycles. The summed E-state index contributed by atoms with van der Waals surface area (Å²) in [4.78, 5) is 25.8. The first-order chi connectivity index (χ1) is 16.2. The van der Waals surface area contributed by atoms with E-state index in [9.17, 15) is 26.3 Å². The number of alkyl halides is 6. The predicted molar refractivity (Wildman–Crippen MR) is 114 cm³/mol. The van der Waals surface area contributed by atoms with Crippen molar-refractivity contribution >= 4 is 39.6 Å². The van der Waals surface area contributed by atoms with E-state index < -0.39 is 25.3 Å². The van der Waals surface area contributed by atoms with Crippen LogP contribution in [0.4, 0.5) is 32.0 Å². The van der Waals surface area contributed by atoms with E-state index in [1.54, 1.807) is 11.3 Å². The highest BCUT2D eigenvalue weighted by Crippen LogP contribution is 2.27. The summed E-state index contributed by atoms with van der Waals surface area (Å²) in [6.07, 6.45) is -5.19. The lowest BCUT2D eigenvalue weighted by atomic mass is 10.2. The summed E-state index contributed by atoms with van der Waals surface area (Å²) in [6.45, 7) is 4.24. The lowest BCUT2D eigenvalue weighted by molar-refractivity contribution is -0.344. The lowest BCUT2D eigenvalue weighted by Gasteiger charge is -2.24. The third kappa shape index (κ3) is 16.9. The van der Waals surface area contributed by atoms with Crippen LogP contribution in [-0.2, 0) is 14.4 Å². The third-order valence-electron chi connectivity index (χ3n) is 3.31. The Morgan fingerprint density at radius 2 is 1.69 bits per heavy atom. The Morgan fingerprint density at radius 3 is 2.09 bits per heavy atom. The van der Waals surface area contributed by atoms with Gasteiger partial charge in [0.15, 0.2) is 0 Å². The summed E-state index contributed by atoms with van der Waals surface area (Å²) in [5.74, 6) is -2.49. The molecule has 1 aromatic heterocycles. The van der Waals surface area contributed by atoms with Crippen molar-refractivity contribution in [2.45, 2.75) is 19.8 Å². The van der Waals surface area contributed by atoms with Crippen LogP contribution in [0.25, 0.3) is 10.1 Å². The Balaban J connectivity index is 0. The van der Waals surface area contributed by atoms with Gasteiger partial charge in [-0.2, -0.15) is 26.3 Å². The van der Waals surface area contributed by atoms with Gasteiger partial charge in [0.1, 0.15) is 5.97 Å². The number of carboxylic acid groups (broad SMARTS) is 2. The van der Waals surface area contributed by atoms with Crippen molar-refractivity contribution in [3.63, 3.8) is 0 Å². The molecule has 2 aromatic rings. The molecule has 0 aliphatic rings. The first-order valence-electron chi connectivity index (χ1n) is 9.26. The molecule has 5 N–H and O–H groups in total. The monoisotopic (exact) mass is 534 g/mol. The smallest absolute Gasteiger partial charge is 0.430 e. The highest BCUT2D eigenvalue weighted by molar-refractivity contribution is 7.19. The normalized spacial score (nSPS) is 10.0. The van der Waals surface area contributed by atoms with E-state index in [-0.39, 0.29) is 0 Å². The molecule has 1 aromatic carbocycles. The quantitative estimate of drug-likeness (QED) is 0.195. The molecule has 16 heteroatoms. The van der Waals surface area contributed by atoms with Crippen LogP contribution in [-0.4, -0.2) is 56.4 Å². The van der Waals surface area contributed by atoms with Crippen LogP contribution >= 0.6 is 11.3 Å². The maximum Gasteiger partial charge on any atom is 0.430 e. The van der Waals surface area contributed by atoms with Crippen LogP contribution in [0.1, 0.15) is 4.88 Å². The highest BCUT2D eigenvalue weighted by atomic mass is 32.1. The number of hydrogen-bond acceptors (Lipinski definition) is 10. The molecule has 0 bridgehead atoms. The first kappa shape index (κ1) is 33.9. The Morgan fingerprint density at radius 1 is 1.23 bits per heavy atom. The van der Waals surface area contributed by atoms with Crippen molar-refractivity contribution in [1.82, 2.24) is 4.90 Å². The molecule has 0 aliphatic heterocycles. The summed E-state index contributed by atoms with van der Waals surface area (Å²) in [5, 5.41) is 18.2. The fourth-order valence-corrected chi connectivity index (χ4v) is 3.00. The van der Waals surface area contributed by atoms with E-state index in [4.69, 9.17) is 36.1 Å². The van der Waals surface area contributed by atoms with Crippen molar-refractivity contribution in [2.24, 2.45) is 11.5 Å². The predicted octanol–water partition coefficient (Wildman–Crippen LogP) is 1.09. The van der Waals surface area contributed by atoms with Crippen molar-refractivity contribution in [2.75, 3.05) is 31.7 Å². The number of nitrogens with zero attached hydrogens (tertiary/aromatic N) is 1. The Kier molecular flexibility index (Phi) is 17.6. The van der Waals surface area contributed by atoms with E-state index in [2.05, 4.69) is 37.2 Å². The Hall–Kier alpha value is -3.24. The second kappa shape index (κ2) is 18.1. The Labute approximate surface area is 200 Å². The topological polar surface area (TPSA) is 157 Å². The maximum atomic E-state index is 10.5. The number of halogens is 6. The summed E-state index contributed by atoms with van der Waals surface area (Å²) in [7, 11) is 0. The molecule has 1 heterocycles. The molecular weight excluding hydrogens is 510 g/mol. The van der Waals surface area contributed by atoms with E-state index in [0.29, 0.717) is 32.1 Å². The van der Waals surface area contributed by atoms with Crippen molar-refractivity contribution in [1.29, 1.82) is 0 Å². The number of thiophene rings is 1. The fourth-order valence-electron chi connectivity index (χ4n) is 2.09. The number of benzene rings is 1. The highest BCUT2D eigenvalue weighted by Gasteiger charge is 2.28. The number of nitrogens with one attached hydrogen (secondary N) is 1. The summed E-state index contributed by atoms with van der Waals surface area (Å²) >= 11 is 1.78.